The van der Waals surface area contributed by atoms with Crippen molar-refractivity contribution in [2.24, 2.45) is 0 Å². The summed E-state index contributed by atoms with van der Waals surface area (Å²) in [4.78, 5) is 23.1. The Labute approximate surface area is 177 Å². The van der Waals surface area contributed by atoms with Crippen molar-refractivity contribution >= 4 is 11.9 Å². The van der Waals surface area contributed by atoms with Gasteiger partial charge in [-0.3, -0.25) is 9.59 Å². The van der Waals surface area contributed by atoms with E-state index >= 15 is 0 Å². The maximum absolute atomic E-state index is 12.1. The van der Waals surface area contributed by atoms with Gasteiger partial charge in [-0.25, -0.2) is 0 Å². The van der Waals surface area contributed by atoms with E-state index in [0.717, 1.165) is 0 Å². The topological polar surface area (TPSA) is 71.1 Å². The van der Waals surface area contributed by atoms with Crippen molar-refractivity contribution in [3.05, 3.63) is 59.7 Å². The van der Waals surface area contributed by atoms with Crippen LogP contribution in [0.5, 0.6) is 0 Å². The molecule has 1 aliphatic carbocycles. The zero-order chi connectivity index (χ0) is 21.2. The number of carbonyl (C=O) groups is 2. The van der Waals surface area contributed by atoms with Crippen LogP contribution in [0.3, 0.4) is 0 Å². The third kappa shape index (κ3) is 5.90. The Morgan fingerprint density at radius 2 is 1.37 bits per heavy atom. The van der Waals surface area contributed by atoms with E-state index in [4.69, 9.17) is 14.2 Å². The number of benzene rings is 2. The van der Waals surface area contributed by atoms with Crippen LogP contribution >= 0.6 is 0 Å². The Hall–Kier alpha value is -2.70. The zero-order valence-electron chi connectivity index (χ0n) is 17.3. The molecule has 0 unspecified atom stereocenters. The van der Waals surface area contributed by atoms with E-state index in [1.54, 1.807) is 0 Å². The molecule has 160 valence electrons. The van der Waals surface area contributed by atoms with Gasteiger partial charge in [-0.2, -0.15) is 0 Å². The molecule has 3 rings (SSSR count). The first-order chi connectivity index (χ1) is 14.7. The molecule has 6 nitrogen and oxygen atoms in total. The molecular weight excluding hydrogens is 384 g/mol. The summed E-state index contributed by atoms with van der Waals surface area (Å²) in [6.45, 7) is 1.95. The maximum Gasteiger partial charge on any atom is 0.307 e. The number of hydrogen-bond acceptors (Lipinski definition) is 6. The van der Waals surface area contributed by atoms with Crippen LogP contribution in [0.15, 0.2) is 48.5 Å². The number of ether oxygens (including phenoxy) is 4. The minimum Gasteiger partial charge on any atom is -0.469 e. The second kappa shape index (κ2) is 11.5. The van der Waals surface area contributed by atoms with Gasteiger partial charge >= 0.3 is 11.9 Å². The average molecular weight is 412 g/mol. The number of hydrogen-bond donors (Lipinski definition) is 0. The lowest BCUT2D eigenvalue weighted by Gasteiger charge is -2.14. The van der Waals surface area contributed by atoms with E-state index in [1.807, 2.05) is 24.3 Å². The molecule has 0 fully saturated rings. The van der Waals surface area contributed by atoms with Crippen LogP contribution in [0.1, 0.15) is 36.3 Å². The number of fused-ring (bicyclic) bond motifs is 3. The molecule has 0 radical (unpaired) electrons. The summed E-state index contributed by atoms with van der Waals surface area (Å²) in [5, 5.41) is 0. The van der Waals surface area contributed by atoms with Crippen LogP contribution in [-0.4, -0.2) is 52.1 Å². The van der Waals surface area contributed by atoms with Gasteiger partial charge in [-0.05, 0) is 28.7 Å². The predicted octanol–water partition coefficient (Wildman–Crippen LogP) is 3.72. The highest BCUT2D eigenvalue weighted by Gasteiger charge is 2.28. The van der Waals surface area contributed by atoms with E-state index in [0.29, 0.717) is 45.9 Å². The SMILES string of the molecule is COC(=O)CCOCCOCCCC(=O)OCC1c2ccccc2-c2ccccc21. The fraction of sp³-hybridized carbons (Fsp3) is 0.417. The van der Waals surface area contributed by atoms with Gasteiger partial charge in [0, 0.05) is 18.9 Å². The van der Waals surface area contributed by atoms with Crippen LogP contribution in [0.4, 0.5) is 0 Å². The summed E-state index contributed by atoms with van der Waals surface area (Å²) in [6.07, 6.45) is 1.15. The van der Waals surface area contributed by atoms with Gasteiger partial charge in [0.1, 0.15) is 6.61 Å². The van der Waals surface area contributed by atoms with Crippen molar-refractivity contribution in [2.45, 2.75) is 25.2 Å². The fourth-order valence-corrected chi connectivity index (χ4v) is 3.59. The standard InChI is InChI=1S/C24H28O6/c1-27-23(25)12-14-29-16-15-28-13-6-11-24(26)30-17-22-20-9-4-2-7-18(20)19-8-3-5-10-21(19)22/h2-5,7-10,22H,6,11-17H2,1H3. The highest BCUT2D eigenvalue weighted by atomic mass is 16.5. The van der Waals surface area contributed by atoms with Gasteiger partial charge in [0.05, 0.1) is 33.4 Å². The van der Waals surface area contributed by atoms with Crippen LogP contribution in [0, 0.1) is 0 Å². The van der Waals surface area contributed by atoms with Crippen molar-refractivity contribution in [3.8, 4) is 11.1 Å². The molecule has 0 spiro atoms. The molecule has 30 heavy (non-hydrogen) atoms. The van der Waals surface area contributed by atoms with Crippen LogP contribution in [0.2, 0.25) is 0 Å². The molecule has 0 amide bonds. The van der Waals surface area contributed by atoms with E-state index in [1.165, 1.54) is 29.4 Å². The first-order valence-electron chi connectivity index (χ1n) is 10.3. The zero-order valence-corrected chi connectivity index (χ0v) is 17.3. The van der Waals surface area contributed by atoms with Crippen LogP contribution < -0.4 is 0 Å². The number of methoxy groups -OCH3 is 1. The molecule has 0 saturated carbocycles. The number of esters is 2. The van der Waals surface area contributed by atoms with E-state index in [9.17, 15) is 9.59 Å². The first-order valence-corrected chi connectivity index (χ1v) is 10.3. The quantitative estimate of drug-likeness (QED) is 0.391. The van der Waals surface area contributed by atoms with Crippen LogP contribution in [0.25, 0.3) is 11.1 Å². The monoisotopic (exact) mass is 412 g/mol. The predicted molar refractivity (Wildman–Crippen MR) is 112 cm³/mol. The minimum atomic E-state index is -0.293. The van der Waals surface area contributed by atoms with Crippen molar-refractivity contribution < 1.29 is 28.5 Å². The molecule has 0 N–H and O–H groups in total. The summed E-state index contributed by atoms with van der Waals surface area (Å²) in [5.41, 5.74) is 4.86. The van der Waals surface area contributed by atoms with Crippen molar-refractivity contribution in [1.29, 1.82) is 0 Å². The van der Waals surface area contributed by atoms with Crippen molar-refractivity contribution in [1.82, 2.24) is 0 Å². The van der Waals surface area contributed by atoms with Gasteiger partial charge in [0.25, 0.3) is 0 Å². The van der Waals surface area contributed by atoms with Gasteiger partial charge in [0.2, 0.25) is 0 Å². The molecule has 2 aromatic carbocycles. The molecule has 1 aliphatic rings. The average Bonchev–Trinajstić information content (AvgIpc) is 3.10. The molecule has 0 aromatic heterocycles. The lowest BCUT2D eigenvalue weighted by molar-refractivity contribution is -0.144. The van der Waals surface area contributed by atoms with E-state index < -0.39 is 0 Å². The molecule has 6 heteroatoms. The van der Waals surface area contributed by atoms with E-state index in [2.05, 4.69) is 29.0 Å². The minimum absolute atomic E-state index is 0.0831. The first kappa shape index (κ1) is 22.0. The smallest absolute Gasteiger partial charge is 0.307 e. The molecule has 0 heterocycles. The van der Waals surface area contributed by atoms with Gasteiger partial charge in [0.15, 0.2) is 0 Å². The lowest BCUT2D eigenvalue weighted by Crippen LogP contribution is -2.13. The lowest BCUT2D eigenvalue weighted by atomic mass is 9.98. The molecule has 2 aromatic rings. The Balaban J connectivity index is 1.32. The molecular formula is C24H28O6. The second-order valence-electron chi connectivity index (χ2n) is 7.06. The Morgan fingerprint density at radius 1 is 0.767 bits per heavy atom. The Kier molecular flexibility index (Phi) is 8.41. The highest BCUT2D eigenvalue weighted by Crippen LogP contribution is 2.44. The van der Waals surface area contributed by atoms with Gasteiger partial charge in [-0.15, -0.1) is 0 Å². The third-order valence-electron chi connectivity index (χ3n) is 5.09. The number of rotatable bonds is 12. The van der Waals surface area contributed by atoms with Gasteiger partial charge < -0.3 is 18.9 Å². The van der Waals surface area contributed by atoms with Crippen molar-refractivity contribution in [3.63, 3.8) is 0 Å². The summed E-state index contributed by atoms with van der Waals surface area (Å²) >= 11 is 0. The summed E-state index contributed by atoms with van der Waals surface area (Å²) in [7, 11) is 1.35. The Bertz CT molecular complexity index is 802. The molecule has 0 saturated heterocycles. The number of carbonyl (C=O) groups excluding carboxylic acids is 2. The molecule has 0 bridgehead atoms. The Morgan fingerprint density at radius 3 is 2.00 bits per heavy atom. The summed E-state index contributed by atoms with van der Waals surface area (Å²) < 4.78 is 20.8. The van der Waals surface area contributed by atoms with Crippen LogP contribution in [-0.2, 0) is 28.5 Å². The molecule has 0 aliphatic heterocycles. The summed E-state index contributed by atoms with van der Waals surface area (Å²) in [6, 6.07) is 16.6. The van der Waals surface area contributed by atoms with Gasteiger partial charge in [-0.1, -0.05) is 48.5 Å². The fourth-order valence-electron chi connectivity index (χ4n) is 3.59. The second-order valence-corrected chi connectivity index (χ2v) is 7.06. The maximum atomic E-state index is 12.1. The van der Waals surface area contributed by atoms with Crippen molar-refractivity contribution in [2.75, 3.05) is 40.1 Å². The van der Waals surface area contributed by atoms with E-state index in [-0.39, 0.29) is 24.3 Å². The molecule has 0 atom stereocenters. The largest absolute Gasteiger partial charge is 0.469 e. The highest BCUT2D eigenvalue weighted by molar-refractivity contribution is 5.79. The third-order valence-corrected chi connectivity index (χ3v) is 5.09. The normalized spacial score (nSPS) is 12.3. The summed E-state index contributed by atoms with van der Waals surface area (Å²) in [5.74, 6) is -0.423.